The van der Waals surface area contributed by atoms with E-state index in [0.29, 0.717) is 16.7 Å². The molecule has 8 rings (SSSR count). The third kappa shape index (κ3) is 3.41. The predicted octanol–water partition coefficient (Wildman–Crippen LogP) is 10.9. The Morgan fingerprint density at radius 2 is 0.974 bits per heavy atom. The third-order valence-electron chi connectivity index (χ3n) is 7.01. The van der Waals surface area contributed by atoms with Crippen LogP contribution in [0.1, 0.15) is 17.8 Å². The molecule has 1 heteroatoms. The van der Waals surface area contributed by atoms with Crippen molar-refractivity contribution in [3.05, 3.63) is 145 Å². The number of rotatable bonds is 3. The molecule has 0 atom stereocenters. The Morgan fingerprint density at radius 3 is 1.69 bits per heavy atom. The summed E-state index contributed by atoms with van der Waals surface area (Å²) in [6, 6.07) is 11.9. The van der Waals surface area contributed by atoms with E-state index in [0.717, 1.165) is 10.8 Å². The highest BCUT2D eigenvalue weighted by molar-refractivity contribution is 6.23. The first-order valence-electron chi connectivity index (χ1n) is 18.8. The Kier molecular flexibility index (Phi) is 2.82. The van der Waals surface area contributed by atoms with Crippen molar-refractivity contribution in [3.8, 4) is 33.4 Å². The lowest BCUT2D eigenvalue weighted by Gasteiger charge is -2.19. The molecule has 0 aliphatic heterocycles. The largest absolute Gasteiger partial charge is 0.456 e. The topological polar surface area (TPSA) is 13.1 Å². The van der Waals surface area contributed by atoms with Crippen LogP contribution in [0.15, 0.2) is 150 Å². The van der Waals surface area contributed by atoms with Gasteiger partial charge >= 0.3 is 0 Å². The highest BCUT2D eigenvalue weighted by Crippen LogP contribution is 2.46. The number of benzene rings is 7. The second-order valence-corrected chi connectivity index (χ2v) is 9.10. The van der Waals surface area contributed by atoms with Crippen LogP contribution in [-0.2, 0) is 0 Å². The van der Waals surface area contributed by atoms with Crippen LogP contribution in [0.4, 0.5) is 0 Å². The summed E-state index contributed by atoms with van der Waals surface area (Å²) < 4.78 is 120. The van der Waals surface area contributed by atoms with Crippen LogP contribution < -0.4 is 0 Å². The van der Waals surface area contributed by atoms with Crippen LogP contribution >= 0.6 is 0 Å². The molecule has 0 unspecified atom stereocenters. The highest BCUT2D eigenvalue weighted by atomic mass is 16.3. The molecule has 0 aliphatic rings. The van der Waals surface area contributed by atoms with Gasteiger partial charge < -0.3 is 4.42 Å². The number of hydrogen-bond donors (Lipinski definition) is 0. The van der Waals surface area contributed by atoms with E-state index in [-0.39, 0.29) is 49.4 Å². The number of hydrogen-bond acceptors (Lipinski definition) is 1. The summed E-state index contributed by atoms with van der Waals surface area (Å²) in [6.45, 7) is 0. The fourth-order valence-electron chi connectivity index (χ4n) is 5.37. The van der Waals surface area contributed by atoms with E-state index in [2.05, 4.69) is 0 Å². The quantitative estimate of drug-likeness (QED) is 0.216. The smallest absolute Gasteiger partial charge is 0.136 e. The van der Waals surface area contributed by atoms with E-state index in [1.165, 1.54) is 6.07 Å². The molecule has 1 heterocycles. The Morgan fingerprint density at radius 1 is 0.410 bits per heavy atom. The van der Waals surface area contributed by atoms with Crippen molar-refractivity contribution in [2.75, 3.05) is 0 Å². The Balaban J connectivity index is 1.65. The van der Waals surface area contributed by atoms with Crippen LogP contribution in [0.25, 0.3) is 76.9 Å². The molecular formula is C38H24O. The predicted molar refractivity (Wildman–Crippen MR) is 165 cm³/mol. The maximum absolute atomic E-state index is 9.27. The van der Waals surface area contributed by atoms with Crippen molar-refractivity contribution in [2.24, 2.45) is 0 Å². The fraction of sp³-hybridized carbons (Fsp3) is 0. The summed E-state index contributed by atoms with van der Waals surface area (Å²) in [6.07, 6.45) is 0. The van der Waals surface area contributed by atoms with Gasteiger partial charge in [-0.15, -0.1) is 0 Å². The molecule has 0 saturated heterocycles. The first kappa shape index (κ1) is 12.6. The molecule has 0 spiro atoms. The summed E-state index contributed by atoms with van der Waals surface area (Å²) in [5.74, 6) is 0. The molecule has 8 aromatic rings. The normalized spacial score (nSPS) is 16.3. The standard InChI is InChI=1S/C38H24O/c1-2-12-25(13-3-1)27-14-4-5-16-30(27)38-33-19-8-6-17-31(33)37(32-18-7-9-20-34(32)38)26-22-23-29-28-15-10-11-21-35(28)39-36(29)24-26/h1-24H/i1D,2D,3D,6D,7D,8D,9D,12D,13D,17D,18D,19D,20D. The Bertz CT molecular complexity index is 2780. The van der Waals surface area contributed by atoms with E-state index in [1.54, 1.807) is 36.4 Å². The monoisotopic (exact) mass is 509 g/mol. The van der Waals surface area contributed by atoms with E-state index in [4.69, 9.17) is 16.8 Å². The third-order valence-corrected chi connectivity index (χ3v) is 7.01. The molecule has 0 radical (unpaired) electrons. The van der Waals surface area contributed by atoms with Crippen molar-refractivity contribution >= 4 is 43.5 Å². The highest BCUT2D eigenvalue weighted by Gasteiger charge is 2.19. The van der Waals surface area contributed by atoms with Gasteiger partial charge in [-0.3, -0.25) is 0 Å². The second kappa shape index (κ2) is 8.72. The van der Waals surface area contributed by atoms with Crippen molar-refractivity contribution in [3.63, 3.8) is 0 Å². The zero-order valence-corrected chi connectivity index (χ0v) is 20.3. The van der Waals surface area contributed by atoms with Gasteiger partial charge in [0.15, 0.2) is 0 Å². The van der Waals surface area contributed by atoms with E-state index >= 15 is 0 Å². The molecule has 0 N–H and O–H groups in total. The fourth-order valence-corrected chi connectivity index (χ4v) is 5.37. The molecule has 0 amide bonds. The first-order valence-corrected chi connectivity index (χ1v) is 12.3. The maximum atomic E-state index is 9.27. The second-order valence-electron chi connectivity index (χ2n) is 9.10. The van der Waals surface area contributed by atoms with Gasteiger partial charge in [-0.1, -0.05) is 127 Å². The van der Waals surface area contributed by atoms with Crippen molar-refractivity contribution in [1.29, 1.82) is 0 Å². The van der Waals surface area contributed by atoms with Gasteiger partial charge in [0.25, 0.3) is 0 Å². The molecule has 0 aliphatic carbocycles. The number of fused-ring (bicyclic) bond motifs is 5. The van der Waals surface area contributed by atoms with Gasteiger partial charge in [0.05, 0.1) is 17.8 Å². The average molecular weight is 510 g/mol. The zero-order valence-electron chi connectivity index (χ0n) is 33.3. The van der Waals surface area contributed by atoms with Gasteiger partial charge in [-0.2, -0.15) is 0 Å². The summed E-state index contributed by atoms with van der Waals surface area (Å²) in [5, 5.41) is 1.45. The summed E-state index contributed by atoms with van der Waals surface area (Å²) in [5.41, 5.74) is 1.66. The molecule has 1 aromatic heterocycles. The average Bonchev–Trinajstić information content (AvgIpc) is 3.53. The zero-order chi connectivity index (χ0) is 37.1. The molecule has 39 heavy (non-hydrogen) atoms. The molecule has 182 valence electrons. The first-order chi connectivity index (χ1) is 24.8. The van der Waals surface area contributed by atoms with Gasteiger partial charge in [0.1, 0.15) is 11.2 Å². The Hall–Kier alpha value is -5.14. The summed E-state index contributed by atoms with van der Waals surface area (Å²) in [4.78, 5) is 0. The summed E-state index contributed by atoms with van der Waals surface area (Å²) in [7, 11) is 0. The maximum Gasteiger partial charge on any atom is 0.136 e. The van der Waals surface area contributed by atoms with Crippen LogP contribution in [0.3, 0.4) is 0 Å². The summed E-state index contributed by atoms with van der Waals surface area (Å²) >= 11 is 0. The van der Waals surface area contributed by atoms with Crippen LogP contribution in [-0.4, -0.2) is 0 Å². The van der Waals surface area contributed by atoms with Crippen LogP contribution in [0.2, 0.25) is 0 Å². The molecule has 0 saturated carbocycles. The van der Waals surface area contributed by atoms with Crippen molar-refractivity contribution < 1.29 is 22.2 Å². The number of furan rings is 1. The lowest BCUT2D eigenvalue weighted by Crippen LogP contribution is -1.92. The van der Waals surface area contributed by atoms with Gasteiger partial charge in [-0.25, -0.2) is 0 Å². The van der Waals surface area contributed by atoms with Crippen molar-refractivity contribution in [2.45, 2.75) is 0 Å². The number of para-hydroxylation sites is 1. The van der Waals surface area contributed by atoms with E-state index < -0.39 is 78.6 Å². The molecule has 7 aromatic carbocycles. The van der Waals surface area contributed by atoms with Crippen LogP contribution in [0, 0.1) is 0 Å². The minimum absolute atomic E-state index is 0.0000219. The van der Waals surface area contributed by atoms with Crippen LogP contribution in [0.5, 0.6) is 0 Å². The minimum atomic E-state index is -0.596. The van der Waals surface area contributed by atoms with Gasteiger partial charge in [0.2, 0.25) is 0 Å². The SMILES string of the molecule is [2H]c1c([2H])c([2H])c(-c2ccccc2-c2c3c([2H])c([2H])c([2H])c([2H])c3c(-c3ccc4c(c3)oc3ccccc34)c3c([2H])c([2H])c([2H])c([2H])c23)c([2H])c1[2H]. The Labute approximate surface area is 244 Å². The lowest BCUT2D eigenvalue weighted by molar-refractivity contribution is 0.669. The van der Waals surface area contributed by atoms with E-state index in [9.17, 15) is 5.48 Å². The lowest BCUT2D eigenvalue weighted by atomic mass is 9.84. The van der Waals surface area contributed by atoms with Gasteiger partial charge in [0, 0.05) is 10.8 Å². The minimum Gasteiger partial charge on any atom is -0.456 e. The molecular weight excluding hydrogens is 472 g/mol. The van der Waals surface area contributed by atoms with Gasteiger partial charge in [-0.05, 0) is 73.1 Å². The van der Waals surface area contributed by atoms with Crippen molar-refractivity contribution in [1.82, 2.24) is 0 Å². The molecule has 0 fully saturated rings. The molecule has 0 bridgehead atoms. The van der Waals surface area contributed by atoms with E-state index in [1.807, 2.05) is 24.3 Å². The molecule has 1 nitrogen and oxygen atoms in total.